The van der Waals surface area contributed by atoms with Crippen molar-refractivity contribution in [2.24, 2.45) is 0 Å². The summed E-state index contributed by atoms with van der Waals surface area (Å²) in [6.45, 7) is 2.24. The lowest BCUT2D eigenvalue weighted by molar-refractivity contribution is -0.132. The normalized spacial score (nSPS) is 16.9. The van der Waals surface area contributed by atoms with Crippen molar-refractivity contribution in [2.75, 3.05) is 20.1 Å². The number of nitrogens with zero attached hydrogens (tertiary/aromatic N) is 3. The quantitative estimate of drug-likeness (QED) is 0.529. The van der Waals surface area contributed by atoms with E-state index in [2.05, 4.69) is 35.2 Å². The Morgan fingerprint density at radius 1 is 1.21 bits per heavy atom. The number of hydrogen-bond donors (Lipinski definition) is 2. The molecular formula is C22H26N4O2. The van der Waals surface area contributed by atoms with Crippen LogP contribution in [-0.2, 0) is 11.2 Å². The van der Waals surface area contributed by atoms with Crippen LogP contribution >= 0.6 is 0 Å². The molecule has 28 heavy (non-hydrogen) atoms. The van der Waals surface area contributed by atoms with E-state index < -0.39 is 11.9 Å². The summed E-state index contributed by atoms with van der Waals surface area (Å²) >= 11 is 0. The topological polar surface area (TPSA) is 70.4 Å². The Balaban J connectivity index is 1.62. The summed E-state index contributed by atoms with van der Waals surface area (Å²) in [6.07, 6.45) is 4.66. The van der Waals surface area contributed by atoms with Gasteiger partial charge in [-0.25, -0.2) is 5.48 Å². The van der Waals surface area contributed by atoms with Crippen molar-refractivity contribution < 1.29 is 10.0 Å². The summed E-state index contributed by atoms with van der Waals surface area (Å²) in [5.74, 6) is 0.0961. The molecule has 0 aliphatic carbocycles. The minimum absolute atomic E-state index is 0.461. The Morgan fingerprint density at radius 3 is 2.68 bits per heavy atom. The second-order valence-electron chi connectivity index (χ2n) is 7.69. The average molecular weight is 378 g/mol. The van der Waals surface area contributed by atoms with Gasteiger partial charge in [-0.3, -0.25) is 14.7 Å². The molecule has 1 fully saturated rings. The average Bonchev–Trinajstić information content (AvgIpc) is 3.15. The molecule has 0 radical (unpaired) electrons. The fourth-order valence-electron chi connectivity index (χ4n) is 4.03. The van der Waals surface area contributed by atoms with Crippen LogP contribution in [0, 0.1) is 0 Å². The van der Waals surface area contributed by atoms with Crippen LogP contribution in [-0.4, -0.2) is 45.9 Å². The van der Waals surface area contributed by atoms with Crippen LogP contribution in [0.5, 0.6) is 0 Å². The molecule has 1 saturated heterocycles. The Labute approximate surface area is 164 Å². The summed E-state index contributed by atoms with van der Waals surface area (Å²) in [5, 5.41) is 14.9. The van der Waals surface area contributed by atoms with Crippen molar-refractivity contribution in [2.45, 2.75) is 31.2 Å². The lowest BCUT2D eigenvalue weighted by Crippen LogP contribution is -2.32. The molecule has 2 N–H and O–H groups in total. The number of fused-ring (bicyclic) bond motifs is 1. The predicted octanol–water partition coefficient (Wildman–Crippen LogP) is 3.13. The zero-order chi connectivity index (χ0) is 19.5. The first-order valence-electron chi connectivity index (χ1n) is 9.79. The van der Waals surface area contributed by atoms with Crippen molar-refractivity contribution in [3.8, 4) is 0 Å². The van der Waals surface area contributed by atoms with Gasteiger partial charge in [-0.15, -0.1) is 0 Å². The smallest absolute Gasteiger partial charge is 0.268 e. The minimum Gasteiger partial charge on any atom is -0.306 e. The number of piperidine rings is 1. The molecule has 1 unspecified atom stereocenters. The first-order chi connectivity index (χ1) is 13.6. The van der Waals surface area contributed by atoms with Crippen molar-refractivity contribution in [1.82, 2.24) is 20.2 Å². The maximum absolute atomic E-state index is 12.3. The second kappa shape index (κ2) is 8.12. The fourth-order valence-corrected chi connectivity index (χ4v) is 4.03. The van der Waals surface area contributed by atoms with Crippen LogP contribution in [0.1, 0.15) is 35.9 Å². The molecule has 2 aromatic carbocycles. The van der Waals surface area contributed by atoms with Crippen LogP contribution in [0.4, 0.5) is 0 Å². The molecule has 146 valence electrons. The van der Waals surface area contributed by atoms with Gasteiger partial charge in [-0.05, 0) is 56.1 Å². The molecule has 6 nitrogen and oxygen atoms in total. The second-order valence-corrected chi connectivity index (χ2v) is 7.69. The third kappa shape index (κ3) is 3.93. The highest BCUT2D eigenvalue weighted by Gasteiger charge is 2.23. The number of hydrogen-bond acceptors (Lipinski definition) is 4. The molecule has 1 aliphatic heterocycles. The molecular weight excluding hydrogens is 352 g/mol. The Kier molecular flexibility index (Phi) is 5.41. The first kappa shape index (κ1) is 18.7. The van der Waals surface area contributed by atoms with E-state index in [0.717, 1.165) is 42.4 Å². The molecule has 3 aromatic rings. The number of benzene rings is 2. The highest BCUT2D eigenvalue weighted by molar-refractivity contribution is 5.82. The number of carbonyl (C=O) groups excluding carboxylic acids is 1. The highest BCUT2D eigenvalue weighted by atomic mass is 16.5. The van der Waals surface area contributed by atoms with Gasteiger partial charge in [-0.2, -0.15) is 5.10 Å². The summed E-state index contributed by atoms with van der Waals surface area (Å²) in [6, 6.07) is 15.6. The molecule has 0 bridgehead atoms. The molecule has 1 aliphatic rings. The van der Waals surface area contributed by atoms with Crippen LogP contribution in [0.25, 0.3) is 10.9 Å². The van der Waals surface area contributed by atoms with Gasteiger partial charge in [0.05, 0.1) is 5.52 Å². The van der Waals surface area contributed by atoms with Crippen molar-refractivity contribution in [1.29, 1.82) is 0 Å². The zero-order valence-corrected chi connectivity index (χ0v) is 16.1. The van der Waals surface area contributed by atoms with Gasteiger partial charge in [0, 0.05) is 18.0 Å². The summed E-state index contributed by atoms with van der Waals surface area (Å²) in [5.41, 5.74) is 5.01. The molecule has 1 aromatic heterocycles. The van der Waals surface area contributed by atoms with E-state index in [0.29, 0.717) is 12.3 Å². The van der Waals surface area contributed by atoms with Gasteiger partial charge < -0.3 is 4.90 Å². The van der Waals surface area contributed by atoms with Crippen LogP contribution in [0.15, 0.2) is 54.7 Å². The van der Waals surface area contributed by atoms with E-state index >= 15 is 0 Å². The van der Waals surface area contributed by atoms with Crippen LogP contribution < -0.4 is 5.48 Å². The van der Waals surface area contributed by atoms with E-state index in [-0.39, 0.29) is 0 Å². The van der Waals surface area contributed by atoms with Gasteiger partial charge in [0.1, 0.15) is 6.04 Å². The van der Waals surface area contributed by atoms with Gasteiger partial charge in [0.25, 0.3) is 5.91 Å². The van der Waals surface area contributed by atoms with Gasteiger partial charge in [0.2, 0.25) is 0 Å². The van der Waals surface area contributed by atoms with Gasteiger partial charge in [0.15, 0.2) is 0 Å². The zero-order valence-electron chi connectivity index (χ0n) is 16.1. The van der Waals surface area contributed by atoms with Crippen LogP contribution in [0.2, 0.25) is 0 Å². The maximum Gasteiger partial charge on any atom is 0.268 e. The molecule has 2 heterocycles. The lowest BCUT2D eigenvalue weighted by Gasteiger charge is -2.29. The number of likely N-dealkylation sites (tertiary alicyclic amines) is 1. The molecule has 1 amide bonds. The third-order valence-corrected chi connectivity index (χ3v) is 5.74. The van der Waals surface area contributed by atoms with Gasteiger partial charge in [-0.1, -0.05) is 42.5 Å². The standard InChI is InChI=1S/C22H26N4O2/c1-25-11-9-17(10-12-25)18-7-8-19-15-26(23-20(19)14-18)21(22(27)24-28)13-16-5-3-2-4-6-16/h2-8,14-15,17,21,28H,9-13H2,1H3,(H,24,27). The maximum atomic E-state index is 12.3. The molecule has 6 heteroatoms. The summed E-state index contributed by atoms with van der Waals surface area (Å²) in [7, 11) is 2.17. The number of amides is 1. The summed E-state index contributed by atoms with van der Waals surface area (Å²) < 4.78 is 1.67. The molecule has 0 saturated carbocycles. The molecule has 1 atom stereocenters. The number of rotatable bonds is 5. The van der Waals surface area contributed by atoms with E-state index in [1.807, 2.05) is 36.5 Å². The minimum atomic E-state index is -0.605. The van der Waals surface area contributed by atoms with Crippen molar-refractivity contribution >= 4 is 16.8 Å². The van der Waals surface area contributed by atoms with E-state index in [1.54, 1.807) is 10.2 Å². The third-order valence-electron chi connectivity index (χ3n) is 5.74. The Hall–Kier alpha value is -2.70. The highest BCUT2D eigenvalue weighted by Crippen LogP contribution is 2.30. The molecule has 4 rings (SSSR count). The van der Waals surface area contributed by atoms with E-state index in [4.69, 9.17) is 0 Å². The SMILES string of the molecule is CN1CCC(c2ccc3cn(C(Cc4ccccc4)C(=O)NO)nc3c2)CC1. The van der Waals surface area contributed by atoms with E-state index in [9.17, 15) is 10.0 Å². The van der Waals surface area contributed by atoms with Crippen LogP contribution in [0.3, 0.4) is 0 Å². The largest absolute Gasteiger partial charge is 0.306 e. The Morgan fingerprint density at radius 2 is 1.96 bits per heavy atom. The molecule has 0 spiro atoms. The number of hydroxylamine groups is 1. The van der Waals surface area contributed by atoms with E-state index in [1.165, 1.54) is 5.56 Å². The number of carbonyl (C=O) groups is 1. The Bertz CT molecular complexity index is 946. The first-order valence-corrected chi connectivity index (χ1v) is 9.79. The number of aromatic nitrogens is 2. The number of nitrogens with one attached hydrogen (secondary N) is 1. The fraction of sp³-hybridized carbons (Fsp3) is 0.364. The van der Waals surface area contributed by atoms with Gasteiger partial charge >= 0.3 is 0 Å². The monoisotopic (exact) mass is 378 g/mol. The van der Waals surface area contributed by atoms with Crippen molar-refractivity contribution in [3.05, 3.63) is 65.9 Å². The summed E-state index contributed by atoms with van der Waals surface area (Å²) in [4.78, 5) is 14.7. The predicted molar refractivity (Wildman–Crippen MR) is 108 cm³/mol. The lowest BCUT2D eigenvalue weighted by atomic mass is 9.89. The van der Waals surface area contributed by atoms with Crippen molar-refractivity contribution in [3.63, 3.8) is 0 Å².